The summed E-state index contributed by atoms with van der Waals surface area (Å²) >= 11 is 5.29. The van der Waals surface area contributed by atoms with E-state index in [1.54, 1.807) is 6.92 Å². The van der Waals surface area contributed by atoms with E-state index in [1.807, 2.05) is 6.92 Å². The van der Waals surface area contributed by atoms with Gasteiger partial charge in [0.2, 0.25) is 5.91 Å². The largest absolute Gasteiger partial charge is 0.361 e. The van der Waals surface area contributed by atoms with Crippen molar-refractivity contribution in [3.63, 3.8) is 0 Å². The lowest BCUT2D eigenvalue weighted by Crippen LogP contribution is -2.57. The number of hydrogen-bond acceptors (Lipinski definition) is 6. The molecule has 1 saturated carbocycles. The van der Waals surface area contributed by atoms with Crippen molar-refractivity contribution < 1.29 is 28.1 Å². The first-order chi connectivity index (χ1) is 14.6. The topological polar surface area (TPSA) is 134 Å². The van der Waals surface area contributed by atoms with Crippen LogP contribution in [0.15, 0.2) is 10.6 Å². The Hall–Kier alpha value is -2.69. The molecule has 1 aromatic heterocycles. The molecule has 170 valence electrons. The molecule has 1 saturated heterocycles. The van der Waals surface area contributed by atoms with Crippen LogP contribution in [0, 0.1) is 18.3 Å². The predicted octanol–water partition coefficient (Wildman–Crippen LogP) is 0.802. The van der Waals surface area contributed by atoms with E-state index in [-0.39, 0.29) is 23.6 Å². The number of halogens is 2. The molecule has 0 aromatic carbocycles. The van der Waals surface area contributed by atoms with Crippen LogP contribution in [-0.2, 0) is 14.4 Å². The molecule has 3 atom stereocenters. The molecule has 0 radical (unpaired) electrons. The van der Waals surface area contributed by atoms with Crippen LogP contribution in [0.5, 0.6) is 0 Å². The average molecular weight is 458 g/mol. The van der Waals surface area contributed by atoms with Gasteiger partial charge in [-0.3, -0.25) is 24.6 Å². The van der Waals surface area contributed by atoms with Gasteiger partial charge in [0.1, 0.15) is 11.8 Å². The third-order valence-electron chi connectivity index (χ3n) is 5.55. The van der Waals surface area contributed by atoms with Gasteiger partial charge in [-0.15, -0.1) is 0 Å². The van der Waals surface area contributed by atoms with Crippen molar-refractivity contribution in [3.05, 3.63) is 17.5 Å². The molecule has 2 fully saturated rings. The quantitative estimate of drug-likeness (QED) is 0.390. The zero-order chi connectivity index (χ0) is 22.8. The van der Waals surface area contributed by atoms with Gasteiger partial charge in [0.25, 0.3) is 23.4 Å². The highest BCUT2D eigenvalue weighted by Gasteiger charge is 2.42. The number of hydrazine groups is 1. The number of aryl methyl sites for hydroxylation is 1. The van der Waals surface area contributed by atoms with Crippen molar-refractivity contribution >= 4 is 35.2 Å². The minimum atomic E-state index is -2.39. The van der Waals surface area contributed by atoms with E-state index in [0.717, 1.165) is 12.8 Å². The number of nitrogens with zero attached hydrogens (tertiary/aromatic N) is 2. The van der Waals surface area contributed by atoms with Gasteiger partial charge in [-0.05, 0) is 38.0 Å². The number of amides is 4. The number of carbonyl (C=O) groups is 4. The number of hydrogen-bond donors (Lipinski definition) is 3. The van der Waals surface area contributed by atoms with Crippen LogP contribution in [0.1, 0.15) is 48.9 Å². The van der Waals surface area contributed by atoms with E-state index in [4.69, 9.17) is 16.1 Å². The Labute approximate surface area is 183 Å². The molecule has 3 unspecified atom stereocenters. The first-order valence-electron chi connectivity index (χ1n) is 10.00. The summed E-state index contributed by atoms with van der Waals surface area (Å²) in [4.78, 5) is 49.5. The summed E-state index contributed by atoms with van der Waals surface area (Å²) in [5.74, 6) is -2.99. The molecule has 3 N–H and O–H groups in total. The number of rotatable bonds is 8. The van der Waals surface area contributed by atoms with E-state index in [0.29, 0.717) is 30.2 Å². The fourth-order valence-corrected chi connectivity index (χ4v) is 3.50. The minimum Gasteiger partial charge on any atom is -0.361 e. The maximum atomic E-state index is 13.5. The SMILES string of the molecule is Cc1cc(C(=O)NC(CC2(C)CC2)C(=O)NN(CC2CCNC2=O)C(=O)C(F)Cl)no1. The van der Waals surface area contributed by atoms with Crippen LogP contribution in [0.3, 0.4) is 0 Å². The maximum Gasteiger partial charge on any atom is 0.291 e. The number of nitrogens with one attached hydrogen (secondary N) is 3. The van der Waals surface area contributed by atoms with Gasteiger partial charge in [0, 0.05) is 12.6 Å². The van der Waals surface area contributed by atoms with Gasteiger partial charge in [0.15, 0.2) is 5.69 Å². The van der Waals surface area contributed by atoms with Gasteiger partial charge in [-0.1, -0.05) is 23.7 Å². The van der Waals surface area contributed by atoms with E-state index in [2.05, 4.69) is 21.2 Å². The Morgan fingerprint density at radius 3 is 2.68 bits per heavy atom. The van der Waals surface area contributed by atoms with Gasteiger partial charge < -0.3 is 15.2 Å². The Morgan fingerprint density at radius 1 is 1.45 bits per heavy atom. The molecular weight excluding hydrogens is 433 g/mol. The van der Waals surface area contributed by atoms with Crippen LogP contribution in [0.25, 0.3) is 0 Å². The molecule has 4 amide bonds. The number of aromatic nitrogens is 1. The van der Waals surface area contributed by atoms with Crippen LogP contribution in [-0.4, -0.2) is 58.6 Å². The van der Waals surface area contributed by atoms with Crippen molar-refractivity contribution in [2.24, 2.45) is 11.3 Å². The Bertz CT molecular complexity index is 872. The van der Waals surface area contributed by atoms with Gasteiger partial charge in [-0.2, -0.15) is 0 Å². The van der Waals surface area contributed by atoms with Crippen LogP contribution in [0.2, 0.25) is 0 Å². The lowest BCUT2D eigenvalue weighted by atomic mass is 9.98. The molecule has 31 heavy (non-hydrogen) atoms. The summed E-state index contributed by atoms with van der Waals surface area (Å²) in [6.45, 7) is 3.79. The van der Waals surface area contributed by atoms with E-state index >= 15 is 0 Å². The minimum absolute atomic E-state index is 0.0105. The second-order valence-corrected chi connectivity index (χ2v) is 8.75. The highest BCUT2D eigenvalue weighted by Crippen LogP contribution is 2.48. The third kappa shape index (κ3) is 5.93. The highest BCUT2D eigenvalue weighted by molar-refractivity contribution is 6.29. The molecule has 0 spiro atoms. The molecule has 12 heteroatoms. The molecule has 10 nitrogen and oxygen atoms in total. The standard InChI is InChI=1S/C19H25ClFN5O5/c1-10-7-12(25-31-10)16(28)23-13(8-19(2)4-5-19)17(29)24-26(18(30)14(20)21)9-11-3-6-22-15(11)27/h7,11,13-14H,3-6,8-9H2,1-2H3,(H,22,27)(H,23,28)(H,24,29). The van der Waals surface area contributed by atoms with Gasteiger partial charge >= 0.3 is 0 Å². The fourth-order valence-electron chi connectivity index (χ4n) is 3.38. The predicted molar refractivity (Wildman–Crippen MR) is 106 cm³/mol. The molecule has 1 aliphatic carbocycles. The van der Waals surface area contributed by atoms with Crippen molar-refractivity contribution in [2.75, 3.05) is 13.1 Å². The number of carbonyl (C=O) groups excluding carboxylic acids is 4. The lowest BCUT2D eigenvalue weighted by Gasteiger charge is -2.28. The Morgan fingerprint density at radius 2 is 2.16 bits per heavy atom. The second-order valence-electron chi connectivity index (χ2n) is 8.37. The lowest BCUT2D eigenvalue weighted by molar-refractivity contribution is -0.145. The molecule has 0 bridgehead atoms. The zero-order valence-electron chi connectivity index (χ0n) is 17.2. The smallest absolute Gasteiger partial charge is 0.291 e. The van der Waals surface area contributed by atoms with E-state index in [1.165, 1.54) is 6.07 Å². The summed E-state index contributed by atoms with van der Waals surface area (Å²) in [7, 11) is 0. The van der Waals surface area contributed by atoms with Crippen molar-refractivity contribution in [1.82, 2.24) is 26.2 Å². The summed E-state index contributed by atoms with van der Waals surface area (Å²) in [5, 5.41) is 9.56. The van der Waals surface area contributed by atoms with Crippen molar-refractivity contribution in [2.45, 2.75) is 51.2 Å². The maximum absolute atomic E-state index is 13.5. The molecule has 3 rings (SSSR count). The van der Waals surface area contributed by atoms with Crippen LogP contribution in [0.4, 0.5) is 4.39 Å². The first-order valence-corrected chi connectivity index (χ1v) is 10.4. The Kier molecular flexibility index (Phi) is 6.83. The normalized spacial score (nSPS) is 21.0. The fraction of sp³-hybridized carbons (Fsp3) is 0.632. The zero-order valence-corrected chi connectivity index (χ0v) is 18.0. The molecular formula is C19H25ClFN5O5. The summed E-state index contributed by atoms with van der Waals surface area (Å²) in [6.07, 6.45) is 2.51. The summed E-state index contributed by atoms with van der Waals surface area (Å²) in [6, 6.07) is 0.414. The third-order valence-corrected chi connectivity index (χ3v) is 5.73. The van der Waals surface area contributed by atoms with Crippen molar-refractivity contribution in [3.8, 4) is 0 Å². The van der Waals surface area contributed by atoms with Gasteiger partial charge in [-0.25, -0.2) is 9.40 Å². The molecule has 1 aliphatic heterocycles. The number of alkyl halides is 2. The monoisotopic (exact) mass is 457 g/mol. The molecule has 2 aliphatic rings. The second kappa shape index (κ2) is 9.21. The van der Waals surface area contributed by atoms with Crippen molar-refractivity contribution in [1.29, 1.82) is 0 Å². The van der Waals surface area contributed by atoms with E-state index < -0.39 is 35.3 Å². The molecule has 2 heterocycles. The first kappa shape index (κ1) is 23.0. The highest BCUT2D eigenvalue weighted by atomic mass is 35.5. The van der Waals surface area contributed by atoms with Crippen LogP contribution >= 0.6 is 11.6 Å². The Balaban J connectivity index is 1.73. The van der Waals surface area contributed by atoms with E-state index in [9.17, 15) is 23.6 Å². The summed E-state index contributed by atoms with van der Waals surface area (Å²) in [5.41, 5.74) is -0.176. The van der Waals surface area contributed by atoms with Gasteiger partial charge in [0.05, 0.1) is 12.5 Å². The summed E-state index contributed by atoms with van der Waals surface area (Å²) < 4.78 is 18.4. The molecule has 1 aromatic rings. The average Bonchev–Trinajstić information content (AvgIpc) is 3.07. The van der Waals surface area contributed by atoms with Crippen LogP contribution < -0.4 is 16.1 Å².